The minimum Gasteiger partial charge on any atom is -0.414 e. The van der Waals surface area contributed by atoms with Crippen molar-refractivity contribution >= 4 is 11.8 Å². The van der Waals surface area contributed by atoms with Crippen LogP contribution in [0.1, 0.15) is 18.9 Å². The Hall–Kier alpha value is -0.590. The highest BCUT2D eigenvalue weighted by molar-refractivity contribution is 7.98. The minimum atomic E-state index is 0.223. The van der Waals surface area contributed by atoms with Crippen molar-refractivity contribution in [2.75, 3.05) is 32.4 Å². The summed E-state index contributed by atoms with van der Waals surface area (Å²) in [5.41, 5.74) is 0. The lowest BCUT2D eigenvalue weighted by Gasteiger charge is -2.30. The fraction of sp³-hybridized carbons (Fsp3) is 0.778. The van der Waals surface area contributed by atoms with Crippen LogP contribution in [-0.2, 0) is 0 Å². The molecule has 1 atom stereocenters. The van der Waals surface area contributed by atoms with Gasteiger partial charge in [0.05, 0.1) is 6.04 Å². The molecule has 1 aromatic heterocycles. The van der Waals surface area contributed by atoms with E-state index in [2.05, 4.69) is 27.3 Å². The molecule has 1 aliphatic rings. The number of hydrogen-bond donors (Lipinski definition) is 1. The van der Waals surface area contributed by atoms with E-state index in [1.54, 1.807) is 0 Å². The zero-order valence-electron chi connectivity index (χ0n) is 9.06. The molecule has 0 aliphatic carbocycles. The Labute approximate surface area is 93.6 Å². The third-order valence-electron chi connectivity index (χ3n) is 2.65. The number of hydrogen-bond acceptors (Lipinski definition) is 6. The maximum absolute atomic E-state index is 5.53. The van der Waals surface area contributed by atoms with Crippen LogP contribution in [0.4, 0.5) is 0 Å². The van der Waals surface area contributed by atoms with Gasteiger partial charge in [-0.3, -0.25) is 4.90 Å². The van der Waals surface area contributed by atoms with Gasteiger partial charge in [0.2, 0.25) is 5.89 Å². The highest BCUT2D eigenvalue weighted by Gasteiger charge is 2.22. The number of nitrogens with one attached hydrogen (secondary N) is 1. The molecule has 1 N–H and O–H groups in total. The molecule has 84 valence electrons. The van der Waals surface area contributed by atoms with E-state index in [1.165, 1.54) is 11.8 Å². The van der Waals surface area contributed by atoms with Crippen LogP contribution in [0.3, 0.4) is 0 Å². The summed E-state index contributed by atoms with van der Waals surface area (Å²) >= 11 is 1.48. The van der Waals surface area contributed by atoms with Crippen molar-refractivity contribution in [2.24, 2.45) is 0 Å². The van der Waals surface area contributed by atoms with E-state index in [-0.39, 0.29) is 6.04 Å². The molecule has 2 heterocycles. The number of piperazine rings is 1. The number of nitrogens with zero attached hydrogens (tertiary/aromatic N) is 3. The zero-order valence-corrected chi connectivity index (χ0v) is 9.88. The van der Waals surface area contributed by atoms with Crippen LogP contribution in [0.2, 0.25) is 0 Å². The molecule has 0 bridgehead atoms. The summed E-state index contributed by atoms with van der Waals surface area (Å²) in [5, 5.41) is 12.0. The van der Waals surface area contributed by atoms with Crippen LogP contribution in [0.25, 0.3) is 0 Å². The quantitative estimate of drug-likeness (QED) is 0.771. The lowest BCUT2D eigenvalue weighted by Crippen LogP contribution is -2.44. The average molecular weight is 228 g/mol. The molecule has 0 aromatic carbocycles. The van der Waals surface area contributed by atoms with Gasteiger partial charge >= 0.3 is 0 Å². The number of aromatic nitrogens is 2. The van der Waals surface area contributed by atoms with E-state index in [0.717, 1.165) is 32.1 Å². The Morgan fingerprint density at radius 1 is 1.40 bits per heavy atom. The maximum atomic E-state index is 5.53. The van der Waals surface area contributed by atoms with Gasteiger partial charge in [-0.1, -0.05) is 11.8 Å². The zero-order chi connectivity index (χ0) is 10.7. The standard InChI is InChI=1S/C9H16N4OS/c1-7(13-5-3-10-4-6-13)8-11-12-9(14-8)15-2/h7,10H,3-6H2,1-2H3. The molecular formula is C9H16N4OS. The molecule has 0 spiro atoms. The summed E-state index contributed by atoms with van der Waals surface area (Å²) in [5.74, 6) is 0.723. The largest absolute Gasteiger partial charge is 0.414 e. The van der Waals surface area contributed by atoms with Crippen LogP contribution in [0.5, 0.6) is 0 Å². The smallest absolute Gasteiger partial charge is 0.276 e. The van der Waals surface area contributed by atoms with E-state index in [4.69, 9.17) is 4.42 Å². The number of rotatable bonds is 3. The van der Waals surface area contributed by atoms with Crippen LogP contribution >= 0.6 is 11.8 Å². The Morgan fingerprint density at radius 3 is 2.73 bits per heavy atom. The van der Waals surface area contributed by atoms with Crippen molar-refractivity contribution in [1.82, 2.24) is 20.4 Å². The lowest BCUT2D eigenvalue weighted by molar-refractivity contribution is 0.158. The Morgan fingerprint density at radius 2 is 2.13 bits per heavy atom. The van der Waals surface area contributed by atoms with Crippen molar-refractivity contribution in [2.45, 2.75) is 18.2 Å². The van der Waals surface area contributed by atoms with Gasteiger partial charge in [-0.05, 0) is 13.2 Å². The molecule has 0 radical (unpaired) electrons. The van der Waals surface area contributed by atoms with E-state index in [1.807, 2.05) is 6.26 Å². The predicted molar refractivity (Wildman–Crippen MR) is 58.9 cm³/mol. The highest BCUT2D eigenvalue weighted by atomic mass is 32.2. The molecule has 15 heavy (non-hydrogen) atoms. The maximum Gasteiger partial charge on any atom is 0.276 e. The third-order valence-corrected chi connectivity index (χ3v) is 3.17. The van der Waals surface area contributed by atoms with Gasteiger partial charge in [0, 0.05) is 26.2 Å². The first-order chi connectivity index (χ1) is 7.31. The van der Waals surface area contributed by atoms with Gasteiger partial charge in [-0.2, -0.15) is 0 Å². The molecular weight excluding hydrogens is 212 g/mol. The van der Waals surface area contributed by atoms with Crippen molar-refractivity contribution in [3.05, 3.63) is 5.89 Å². The molecule has 1 aliphatic heterocycles. The van der Waals surface area contributed by atoms with Gasteiger partial charge in [0.25, 0.3) is 5.22 Å². The molecule has 1 unspecified atom stereocenters. The van der Waals surface area contributed by atoms with E-state index in [9.17, 15) is 0 Å². The second kappa shape index (κ2) is 4.96. The van der Waals surface area contributed by atoms with Crippen molar-refractivity contribution in [1.29, 1.82) is 0 Å². The number of thioether (sulfide) groups is 1. The molecule has 1 saturated heterocycles. The van der Waals surface area contributed by atoms with Crippen molar-refractivity contribution in [3.8, 4) is 0 Å². The van der Waals surface area contributed by atoms with Crippen LogP contribution in [0.15, 0.2) is 9.64 Å². The second-order valence-corrected chi connectivity index (χ2v) is 4.33. The monoisotopic (exact) mass is 228 g/mol. The summed E-state index contributed by atoms with van der Waals surface area (Å²) in [7, 11) is 0. The fourth-order valence-electron chi connectivity index (χ4n) is 1.70. The van der Waals surface area contributed by atoms with Gasteiger partial charge < -0.3 is 9.73 Å². The first-order valence-corrected chi connectivity index (χ1v) is 6.36. The van der Waals surface area contributed by atoms with E-state index in [0.29, 0.717) is 5.22 Å². The Balaban J connectivity index is 2.02. The minimum absolute atomic E-state index is 0.223. The summed E-state index contributed by atoms with van der Waals surface area (Å²) in [6.07, 6.45) is 1.94. The second-order valence-electron chi connectivity index (χ2n) is 3.57. The van der Waals surface area contributed by atoms with E-state index >= 15 is 0 Å². The van der Waals surface area contributed by atoms with Gasteiger partial charge in [0.15, 0.2) is 0 Å². The first-order valence-electron chi connectivity index (χ1n) is 5.13. The van der Waals surface area contributed by atoms with E-state index < -0.39 is 0 Å². The average Bonchev–Trinajstić information content (AvgIpc) is 2.78. The van der Waals surface area contributed by atoms with Crippen molar-refractivity contribution < 1.29 is 4.42 Å². The summed E-state index contributed by atoms with van der Waals surface area (Å²) in [6, 6.07) is 0.223. The molecule has 2 rings (SSSR count). The Kier molecular flexibility index (Phi) is 3.61. The van der Waals surface area contributed by atoms with Gasteiger partial charge in [-0.25, -0.2) is 0 Å². The molecule has 5 nitrogen and oxygen atoms in total. The molecule has 1 aromatic rings. The molecule has 0 amide bonds. The topological polar surface area (TPSA) is 54.2 Å². The Bertz CT molecular complexity index is 311. The summed E-state index contributed by atoms with van der Waals surface area (Å²) in [6.45, 7) is 6.26. The lowest BCUT2D eigenvalue weighted by atomic mass is 10.2. The van der Waals surface area contributed by atoms with Crippen LogP contribution in [-0.4, -0.2) is 47.5 Å². The van der Waals surface area contributed by atoms with Crippen molar-refractivity contribution in [3.63, 3.8) is 0 Å². The summed E-state index contributed by atoms with van der Waals surface area (Å²) < 4.78 is 5.53. The van der Waals surface area contributed by atoms with Gasteiger partial charge in [0.1, 0.15) is 0 Å². The highest BCUT2D eigenvalue weighted by Crippen LogP contribution is 2.21. The third kappa shape index (κ3) is 2.50. The predicted octanol–water partition coefficient (Wildman–Crippen LogP) is 0.758. The van der Waals surface area contributed by atoms with Gasteiger partial charge in [-0.15, -0.1) is 10.2 Å². The first kappa shape index (κ1) is 10.9. The molecule has 0 saturated carbocycles. The molecule has 1 fully saturated rings. The fourth-order valence-corrected chi connectivity index (χ4v) is 1.99. The van der Waals surface area contributed by atoms with Crippen LogP contribution < -0.4 is 5.32 Å². The summed E-state index contributed by atoms with van der Waals surface area (Å²) in [4.78, 5) is 2.36. The SMILES string of the molecule is CSc1nnc(C(C)N2CCNCC2)o1. The normalized spacial score (nSPS) is 20.4. The van der Waals surface area contributed by atoms with Crippen LogP contribution in [0, 0.1) is 0 Å². The molecule has 6 heteroatoms.